The maximum absolute atomic E-state index is 6.01. The highest BCUT2D eigenvalue weighted by Gasteiger charge is 2.12. The highest BCUT2D eigenvalue weighted by molar-refractivity contribution is 5.48. The Balaban J connectivity index is 0.000000890. The molecule has 0 heterocycles. The lowest BCUT2D eigenvalue weighted by atomic mass is 9.97. The number of allylic oxidation sites excluding steroid dienone is 4. The lowest BCUT2D eigenvalue weighted by Crippen LogP contribution is -2.04. The van der Waals surface area contributed by atoms with E-state index >= 15 is 0 Å². The van der Waals surface area contributed by atoms with Gasteiger partial charge in [-0.25, -0.2) is 0 Å². The molecule has 1 aromatic rings. The van der Waals surface area contributed by atoms with Gasteiger partial charge < -0.3 is 14.2 Å². The number of ether oxygens (including phenoxy) is 3. The van der Waals surface area contributed by atoms with Crippen LogP contribution in [0.4, 0.5) is 0 Å². The van der Waals surface area contributed by atoms with Crippen LogP contribution in [0.2, 0.25) is 0 Å². The Bertz CT molecular complexity index is 626. The molecule has 0 saturated carbocycles. The molecule has 1 unspecified atom stereocenters. The van der Waals surface area contributed by atoms with Gasteiger partial charge in [-0.05, 0) is 36.6 Å². The molecule has 0 N–H and O–H groups in total. The normalized spacial score (nSPS) is 12.4. The van der Waals surface area contributed by atoms with Crippen LogP contribution in [0.25, 0.3) is 6.08 Å². The lowest BCUT2D eigenvalue weighted by molar-refractivity contribution is 0.159. The van der Waals surface area contributed by atoms with Crippen LogP contribution in [0.3, 0.4) is 0 Å². The third-order valence-corrected chi connectivity index (χ3v) is 4.77. The van der Waals surface area contributed by atoms with E-state index in [1.165, 1.54) is 31.2 Å². The Hall–Kier alpha value is -2.26. The molecule has 0 radical (unpaired) electrons. The standard InChI is InChI=1S/C21H30O.C6H12O2/c1-5-8-9-10-11-17-22-21(12-6-2)18(4)20-15-13-19(7-3)14-16-20;1-4-6(8-3)5-7-2/h6-7,12-16,18H,2-3,5,8-11,17H2,1,4H3;4H,5H2,1-3H3/b21-12+;6-4-. The number of benzene rings is 1. The van der Waals surface area contributed by atoms with E-state index in [9.17, 15) is 0 Å². The van der Waals surface area contributed by atoms with E-state index in [-0.39, 0.29) is 5.92 Å². The second-order valence-corrected chi connectivity index (χ2v) is 7.05. The van der Waals surface area contributed by atoms with Gasteiger partial charge in [-0.1, -0.05) is 89.1 Å². The maximum atomic E-state index is 6.01. The van der Waals surface area contributed by atoms with Crippen LogP contribution < -0.4 is 0 Å². The fourth-order valence-corrected chi connectivity index (χ4v) is 2.82. The molecule has 0 amide bonds. The van der Waals surface area contributed by atoms with Gasteiger partial charge in [-0.2, -0.15) is 0 Å². The molecule has 0 spiro atoms. The summed E-state index contributed by atoms with van der Waals surface area (Å²) in [7, 11) is 3.27. The molecule has 0 aliphatic heterocycles. The predicted octanol–water partition coefficient (Wildman–Crippen LogP) is 7.67. The van der Waals surface area contributed by atoms with Gasteiger partial charge in [0.25, 0.3) is 0 Å². The average molecular weight is 415 g/mol. The largest absolute Gasteiger partial charge is 0.499 e. The molecule has 0 aliphatic carbocycles. The molecule has 0 saturated heterocycles. The Labute approximate surface area is 185 Å². The first-order valence-corrected chi connectivity index (χ1v) is 10.9. The fraction of sp³-hybridized carbons (Fsp3) is 0.481. The summed E-state index contributed by atoms with van der Waals surface area (Å²) in [5.41, 5.74) is 2.40. The molecule has 1 rings (SSSR count). The van der Waals surface area contributed by atoms with Crippen molar-refractivity contribution < 1.29 is 14.2 Å². The Kier molecular flexibility index (Phi) is 17.3. The summed E-state index contributed by atoms with van der Waals surface area (Å²) in [5, 5.41) is 0. The molecule has 30 heavy (non-hydrogen) atoms. The van der Waals surface area contributed by atoms with Gasteiger partial charge in [0.1, 0.15) is 18.1 Å². The summed E-state index contributed by atoms with van der Waals surface area (Å²) in [5.74, 6) is 2.11. The van der Waals surface area contributed by atoms with Crippen LogP contribution >= 0.6 is 0 Å². The van der Waals surface area contributed by atoms with Gasteiger partial charge in [0, 0.05) is 13.0 Å². The zero-order valence-electron chi connectivity index (χ0n) is 19.8. The lowest BCUT2D eigenvalue weighted by Gasteiger charge is -2.18. The summed E-state index contributed by atoms with van der Waals surface area (Å²) in [6.45, 7) is 15.3. The second-order valence-electron chi connectivity index (χ2n) is 7.05. The van der Waals surface area contributed by atoms with Gasteiger partial charge in [-0.15, -0.1) is 0 Å². The highest BCUT2D eigenvalue weighted by atomic mass is 16.5. The highest BCUT2D eigenvalue weighted by Crippen LogP contribution is 2.25. The van der Waals surface area contributed by atoms with E-state index in [1.807, 2.05) is 25.2 Å². The summed E-state index contributed by atoms with van der Waals surface area (Å²) < 4.78 is 15.7. The average Bonchev–Trinajstić information content (AvgIpc) is 2.79. The summed E-state index contributed by atoms with van der Waals surface area (Å²) >= 11 is 0. The van der Waals surface area contributed by atoms with Gasteiger partial charge >= 0.3 is 0 Å². The van der Waals surface area contributed by atoms with Crippen LogP contribution in [-0.4, -0.2) is 27.4 Å². The number of rotatable bonds is 14. The summed E-state index contributed by atoms with van der Waals surface area (Å²) in [4.78, 5) is 0. The molecule has 1 atom stereocenters. The number of methoxy groups -OCH3 is 2. The van der Waals surface area contributed by atoms with Crippen molar-refractivity contribution in [3.05, 3.63) is 78.3 Å². The molecular weight excluding hydrogens is 372 g/mol. The van der Waals surface area contributed by atoms with Crippen molar-refractivity contribution in [2.75, 3.05) is 27.4 Å². The molecule has 3 heteroatoms. The minimum Gasteiger partial charge on any atom is -0.499 e. The van der Waals surface area contributed by atoms with Crippen LogP contribution in [0.5, 0.6) is 0 Å². The molecule has 1 aromatic carbocycles. The van der Waals surface area contributed by atoms with E-state index < -0.39 is 0 Å². The monoisotopic (exact) mass is 414 g/mol. The molecule has 0 aromatic heterocycles. The first-order chi connectivity index (χ1) is 14.6. The van der Waals surface area contributed by atoms with Crippen LogP contribution in [0, 0.1) is 0 Å². The summed E-state index contributed by atoms with van der Waals surface area (Å²) in [6, 6.07) is 8.47. The van der Waals surface area contributed by atoms with Crippen molar-refractivity contribution in [1.29, 1.82) is 0 Å². The predicted molar refractivity (Wildman–Crippen MR) is 131 cm³/mol. The number of hydrogen-bond donors (Lipinski definition) is 0. The van der Waals surface area contributed by atoms with Gasteiger partial charge in [-0.3, -0.25) is 0 Å². The third-order valence-electron chi connectivity index (χ3n) is 4.77. The van der Waals surface area contributed by atoms with Crippen LogP contribution in [-0.2, 0) is 14.2 Å². The van der Waals surface area contributed by atoms with E-state index in [4.69, 9.17) is 14.2 Å². The van der Waals surface area contributed by atoms with Gasteiger partial charge in [0.05, 0.1) is 13.7 Å². The second kappa shape index (κ2) is 18.7. The van der Waals surface area contributed by atoms with Gasteiger partial charge in [0.2, 0.25) is 0 Å². The van der Waals surface area contributed by atoms with Crippen molar-refractivity contribution in [3.8, 4) is 0 Å². The van der Waals surface area contributed by atoms with Crippen molar-refractivity contribution >= 4 is 6.08 Å². The quantitative estimate of drug-likeness (QED) is 0.177. The van der Waals surface area contributed by atoms with E-state index in [2.05, 4.69) is 51.3 Å². The molecule has 3 nitrogen and oxygen atoms in total. The minimum atomic E-state index is 0.243. The zero-order chi connectivity index (χ0) is 22.6. The van der Waals surface area contributed by atoms with Crippen molar-refractivity contribution in [3.63, 3.8) is 0 Å². The third kappa shape index (κ3) is 12.3. The smallest absolute Gasteiger partial charge is 0.117 e. The number of unbranched alkanes of at least 4 members (excludes halogenated alkanes) is 4. The minimum absolute atomic E-state index is 0.243. The SMILES string of the molecule is C/C=C(/COC)OC.C=C/C=C(/OCCCCCCC)C(C)c1ccc(C=C)cc1. The van der Waals surface area contributed by atoms with Crippen LogP contribution in [0.1, 0.15) is 69.9 Å². The molecule has 0 bridgehead atoms. The Morgan fingerprint density at radius 2 is 1.70 bits per heavy atom. The maximum Gasteiger partial charge on any atom is 0.117 e. The first-order valence-electron chi connectivity index (χ1n) is 10.9. The molecular formula is C27H42O3. The van der Waals surface area contributed by atoms with Gasteiger partial charge in [0.15, 0.2) is 0 Å². The van der Waals surface area contributed by atoms with Crippen molar-refractivity contribution in [2.45, 2.75) is 58.8 Å². The van der Waals surface area contributed by atoms with Crippen molar-refractivity contribution in [1.82, 2.24) is 0 Å². The molecule has 0 aliphatic rings. The number of hydrogen-bond acceptors (Lipinski definition) is 3. The molecule has 0 fully saturated rings. The summed E-state index contributed by atoms with van der Waals surface area (Å²) in [6.07, 6.45) is 13.8. The Morgan fingerprint density at radius 1 is 1.03 bits per heavy atom. The fourth-order valence-electron chi connectivity index (χ4n) is 2.82. The van der Waals surface area contributed by atoms with Crippen molar-refractivity contribution in [2.24, 2.45) is 0 Å². The van der Waals surface area contributed by atoms with Crippen LogP contribution in [0.15, 0.2) is 67.2 Å². The Morgan fingerprint density at radius 3 is 2.17 bits per heavy atom. The van der Waals surface area contributed by atoms with E-state index in [0.29, 0.717) is 6.61 Å². The zero-order valence-corrected chi connectivity index (χ0v) is 19.8. The van der Waals surface area contributed by atoms with E-state index in [1.54, 1.807) is 20.3 Å². The molecule has 168 valence electrons. The topological polar surface area (TPSA) is 27.7 Å². The van der Waals surface area contributed by atoms with E-state index in [0.717, 1.165) is 30.1 Å². The first kappa shape index (κ1) is 27.7.